The third-order valence-corrected chi connectivity index (χ3v) is 5.09. The Hall–Kier alpha value is -1.22. The van der Waals surface area contributed by atoms with Crippen molar-refractivity contribution >= 4 is 0 Å². The molecule has 0 radical (unpaired) electrons. The molecule has 1 aromatic rings. The van der Waals surface area contributed by atoms with Crippen LogP contribution in [-0.2, 0) is 6.54 Å². The van der Waals surface area contributed by atoms with Crippen molar-refractivity contribution in [2.75, 3.05) is 20.8 Å². The zero-order valence-electron chi connectivity index (χ0n) is 12.5. The number of rotatable bonds is 6. The Balaban J connectivity index is 1.56. The zero-order valence-corrected chi connectivity index (χ0v) is 12.5. The molecule has 3 nitrogen and oxygen atoms in total. The Morgan fingerprint density at radius 3 is 2.70 bits per heavy atom. The molecule has 0 heterocycles. The van der Waals surface area contributed by atoms with Crippen molar-refractivity contribution in [3.63, 3.8) is 0 Å². The molecule has 3 heteroatoms. The molecule has 2 bridgehead atoms. The molecule has 110 valence electrons. The Morgan fingerprint density at radius 2 is 2.05 bits per heavy atom. The number of para-hydroxylation sites is 1. The normalized spacial score (nSPS) is 27.8. The molecule has 0 spiro atoms. The average molecular weight is 275 g/mol. The lowest BCUT2D eigenvalue weighted by Crippen LogP contribution is -2.26. The number of fused-ring (bicyclic) bond motifs is 2. The second kappa shape index (κ2) is 6.04. The van der Waals surface area contributed by atoms with Crippen molar-refractivity contribution in [2.45, 2.75) is 32.2 Å². The highest BCUT2D eigenvalue weighted by molar-refractivity contribution is 5.46. The highest BCUT2D eigenvalue weighted by Crippen LogP contribution is 2.48. The highest BCUT2D eigenvalue weighted by atomic mass is 16.5. The first kappa shape index (κ1) is 13.7. The molecular weight excluding hydrogens is 250 g/mol. The molecule has 1 N–H and O–H groups in total. The van der Waals surface area contributed by atoms with Gasteiger partial charge in [-0.3, -0.25) is 0 Å². The van der Waals surface area contributed by atoms with Crippen LogP contribution in [-0.4, -0.2) is 20.8 Å². The topological polar surface area (TPSA) is 30.5 Å². The second-order valence-corrected chi connectivity index (χ2v) is 6.22. The van der Waals surface area contributed by atoms with Crippen molar-refractivity contribution < 1.29 is 9.47 Å². The van der Waals surface area contributed by atoms with E-state index in [-0.39, 0.29) is 0 Å². The van der Waals surface area contributed by atoms with Crippen LogP contribution in [0.25, 0.3) is 0 Å². The highest BCUT2D eigenvalue weighted by Gasteiger charge is 2.38. The summed E-state index contributed by atoms with van der Waals surface area (Å²) in [7, 11) is 3.39. The van der Waals surface area contributed by atoms with E-state index in [0.717, 1.165) is 42.3 Å². The second-order valence-electron chi connectivity index (χ2n) is 6.22. The van der Waals surface area contributed by atoms with Crippen molar-refractivity contribution in [3.8, 4) is 11.5 Å². The monoisotopic (exact) mass is 275 g/mol. The lowest BCUT2D eigenvalue weighted by atomic mass is 9.89. The molecule has 2 fully saturated rings. The maximum atomic E-state index is 5.47. The molecule has 2 aliphatic rings. The van der Waals surface area contributed by atoms with Gasteiger partial charge in [-0.25, -0.2) is 0 Å². The van der Waals surface area contributed by atoms with Crippen LogP contribution in [0, 0.1) is 17.8 Å². The van der Waals surface area contributed by atoms with Gasteiger partial charge in [0.25, 0.3) is 0 Å². The molecule has 3 atom stereocenters. The zero-order chi connectivity index (χ0) is 13.9. The smallest absolute Gasteiger partial charge is 0.165 e. The molecule has 0 amide bonds. The number of hydrogen-bond acceptors (Lipinski definition) is 3. The SMILES string of the molecule is COc1cccc(CNCC2CC3CCC2C3)c1OC. The van der Waals surface area contributed by atoms with Gasteiger partial charge in [0.15, 0.2) is 11.5 Å². The van der Waals surface area contributed by atoms with E-state index in [1.54, 1.807) is 14.2 Å². The van der Waals surface area contributed by atoms with Crippen molar-refractivity contribution in [1.29, 1.82) is 0 Å². The summed E-state index contributed by atoms with van der Waals surface area (Å²) in [4.78, 5) is 0. The molecule has 1 aromatic carbocycles. The van der Waals surface area contributed by atoms with E-state index < -0.39 is 0 Å². The standard InChI is InChI=1S/C17H25NO2/c1-19-16-5-3-4-14(17(16)20-2)10-18-11-15-9-12-6-7-13(15)8-12/h3-5,12-13,15,18H,6-11H2,1-2H3. The Morgan fingerprint density at radius 1 is 1.15 bits per heavy atom. The van der Waals surface area contributed by atoms with Crippen LogP contribution in [0.4, 0.5) is 0 Å². The van der Waals surface area contributed by atoms with Crippen LogP contribution < -0.4 is 14.8 Å². The molecule has 2 aliphatic carbocycles. The number of hydrogen-bond donors (Lipinski definition) is 1. The van der Waals surface area contributed by atoms with Crippen LogP contribution in [0.15, 0.2) is 18.2 Å². The fraction of sp³-hybridized carbons (Fsp3) is 0.647. The van der Waals surface area contributed by atoms with Gasteiger partial charge >= 0.3 is 0 Å². The summed E-state index contributed by atoms with van der Waals surface area (Å²) in [5, 5.41) is 3.62. The van der Waals surface area contributed by atoms with Gasteiger partial charge in [-0.1, -0.05) is 18.6 Å². The third-order valence-electron chi connectivity index (χ3n) is 5.09. The van der Waals surface area contributed by atoms with Gasteiger partial charge < -0.3 is 14.8 Å². The van der Waals surface area contributed by atoms with Crippen LogP contribution in [0.5, 0.6) is 11.5 Å². The molecule has 3 rings (SSSR count). The van der Waals surface area contributed by atoms with Crippen molar-refractivity contribution in [1.82, 2.24) is 5.32 Å². The van der Waals surface area contributed by atoms with E-state index in [1.807, 2.05) is 12.1 Å². The van der Waals surface area contributed by atoms with E-state index in [2.05, 4.69) is 11.4 Å². The van der Waals surface area contributed by atoms with Gasteiger partial charge in [-0.05, 0) is 49.6 Å². The summed E-state index contributed by atoms with van der Waals surface area (Å²) in [5.41, 5.74) is 1.18. The number of nitrogens with one attached hydrogen (secondary N) is 1. The Bertz CT molecular complexity index is 460. The summed E-state index contributed by atoms with van der Waals surface area (Å²) in [6.45, 7) is 2.00. The molecular formula is C17H25NO2. The van der Waals surface area contributed by atoms with E-state index in [0.29, 0.717) is 0 Å². The van der Waals surface area contributed by atoms with E-state index in [4.69, 9.17) is 9.47 Å². The lowest BCUT2D eigenvalue weighted by Gasteiger charge is -2.22. The number of ether oxygens (including phenoxy) is 2. The van der Waals surface area contributed by atoms with Gasteiger partial charge in [0.05, 0.1) is 14.2 Å². The van der Waals surface area contributed by atoms with Crippen molar-refractivity contribution in [2.24, 2.45) is 17.8 Å². The molecule has 0 saturated heterocycles. The minimum Gasteiger partial charge on any atom is -0.493 e. The van der Waals surface area contributed by atoms with Gasteiger partial charge in [0.2, 0.25) is 0 Å². The first-order valence-corrected chi connectivity index (χ1v) is 7.72. The minimum absolute atomic E-state index is 0.812. The van der Waals surface area contributed by atoms with E-state index in [9.17, 15) is 0 Å². The predicted molar refractivity (Wildman–Crippen MR) is 80.2 cm³/mol. The Kier molecular flexibility index (Phi) is 4.16. The Labute approximate surface area is 121 Å². The first-order chi connectivity index (χ1) is 9.81. The summed E-state index contributed by atoms with van der Waals surface area (Å²) >= 11 is 0. The molecule has 20 heavy (non-hydrogen) atoms. The largest absolute Gasteiger partial charge is 0.493 e. The summed E-state index contributed by atoms with van der Waals surface area (Å²) in [5.74, 6) is 4.57. The van der Waals surface area contributed by atoms with Crippen LogP contribution >= 0.6 is 0 Å². The summed E-state index contributed by atoms with van der Waals surface area (Å²) in [6, 6.07) is 6.07. The molecule has 3 unspecified atom stereocenters. The van der Waals surface area contributed by atoms with E-state index >= 15 is 0 Å². The fourth-order valence-corrected chi connectivity index (χ4v) is 4.11. The first-order valence-electron chi connectivity index (χ1n) is 7.72. The van der Waals surface area contributed by atoms with Gasteiger partial charge in [0, 0.05) is 12.1 Å². The third kappa shape index (κ3) is 2.64. The maximum absolute atomic E-state index is 5.47. The van der Waals surface area contributed by atoms with Gasteiger partial charge in [0.1, 0.15) is 0 Å². The molecule has 0 aromatic heterocycles. The van der Waals surface area contributed by atoms with Crippen molar-refractivity contribution in [3.05, 3.63) is 23.8 Å². The number of methoxy groups -OCH3 is 2. The van der Waals surface area contributed by atoms with Gasteiger partial charge in [-0.15, -0.1) is 0 Å². The quantitative estimate of drug-likeness (QED) is 0.864. The predicted octanol–water partition coefficient (Wildman–Crippen LogP) is 3.23. The summed E-state index contributed by atoms with van der Waals surface area (Å²) in [6.07, 6.45) is 5.85. The van der Waals surface area contributed by atoms with Crippen LogP contribution in [0.2, 0.25) is 0 Å². The average Bonchev–Trinajstić information content (AvgIpc) is 3.09. The van der Waals surface area contributed by atoms with Gasteiger partial charge in [-0.2, -0.15) is 0 Å². The van der Waals surface area contributed by atoms with Crippen LogP contribution in [0.1, 0.15) is 31.2 Å². The van der Waals surface area contributed by atoms with E-state index in [1.165, 1.54) is 31.2 Å². The minimum atomic E-state index is 0.812. The van der Waals surface area contributed by atoms with Crippen LogP contribution in [0.3, 0.4) is 0 Å². The maximum Gasteiger partial charge on any atom is 0.165 e. The fourth-order valence-electron chi connectivity index (χ4n) is 4.11. The molecule has 0 aliphatic heterocycles. The lowest BCUT2D eigenvalue weighted by molar-refractivity contribution is 0.316. The number of benzene rings is 1. The summed E-state index contributed by atoms with van der Waals surface area (Å²) < 4.78 is 10.8. The molecule has 2 saturated carbocycles.